The van der Waals surface area contributed by atoms with Gasteiger partial charge in [-0.25, -0.2) is 0 Å². The van der Waals surface area contributed by atoms with Crippen LogP contribution in [0.15, 0.2) is 0 Å². The third-order valence-corrected chi connectivity index (χ3v) is 3.52. The summed E-state index contributed by atoms with van der Waals surface area (Å²) in [7, 11) is -1.47. The van der Waals surface area contributed by atoms with E-state index in [-0.39, 0.29) is 18.8 Å². The number of carbonyl (C=O) groups excluding carboxylic acids is 1. The molecule has 1 N–H and O–H groups in total. The normalized spacial score (nSPS) is 14.3. The van der Waals surface area contributed by atoms with Crippen molar-refractivity contribution < 1.29 is 23.6 Å². The lowest BCUT2D eigenvalue weighted by molar-refractivity contribution is -0.142. The Bertz CT molecular complexity index is 251. The molecule has 0 aromatic heterocycles. The third kappa shape index (κ3) is 5.51. The molecule has 0 aliphatic heterocycles. The van der Waals surface area contributed by atoms with E-state index in [9.17, 15) is 13.8 Å². The summed E-state index contributed by atoms with van der Waals surface area (Å²) in [5, 5.41) is 7.70. The molecule has 0 spiro atoms. The summed E-state index contributed by atoms with van der Waals surface area (Å²) in [6, 6.07) is 0. The highest BCUT2D eigenvalue weighted by molar-refractivity contribution is 7.86. The predicted octanol–water partition coefficient (Wildman–Crippen LogP) is 0.552. The molecular weight excluding hydrogens is 220 g/mol. The van der Waals surface area contributed by atoms with Crippen molar-refractivity contribution >= 4 is 22.7 Å². The van der Waals surface area contributed by atoms with Crippen LogP contribution in [0.4, 0.5) is 0 Å². The van der Waals surface area contributed by atoms with E-state index in [0.29, 0.717) is 6.42 Å². The Labute approximate surface area is 91.3 Å². The van der Waals surface area contributed by atoms with Gasteiger partial charge in [-0.2, -0.15) is 0 Å². The minimum absolute atomic E-state index is 0.00729. The van der Waals surface area contributed by atoms with Gasteiger partial charge >= 0.3 is 11.9 Å². The van der Waals surface area contributed by atoms with E-state index in [0.717, 1.165) is 0 Å². The number of hydrogen-bond acceptors (Lipinski definition) is 4. The highest BCUT2D eigenvalue weighted by atomic mass is 32.2. The topological polar surface area (TPSA) is 80.7 Å². The van der Waals surface area contributed by atoms with Gasteiger partial charge in [0.25, 0.3) is 0 Å². The molecule has 0 heterocycles. The largest absolute Gasteiger partial charge is 0.481 e. The van der Waals surface area contributed by atoms with Gasteiger partial charge in [-0.1, -0.05) is 6.92 Å². The van der Waals surface area contributed by atoms with Gasteiger partial charge in [0.15, 0.2) is 0 Å². The van der Waals surface area contributed by atoms with Gasteiger partial charge in [-0.15, -0.1) is 0 Å². The van der Waals surface area contributed by atoms with Crippen LogP contribution in [0.3, 0.4) is 0 Å². The molecule has 15 heavy (non-hydrogen) atoms. The van der Waals surface area contributed by atoms with Crippen molar-refractivity contribution in [2.24, 2.45) is 0 Å². The van der Waals surface area contributed by atoms with E-state index >= 15 is 0 Å². The van der Waals surface area contributed by atoms with E-state index in [4.69, 9.17) is 9.84 Å². The van der Waals surface area contributed by atoms with Crippen LogP contribution in [-0.2, 0) is 25.1 Å². The van der Waals surface area contributed by atoms with Crippen molar-refractivity contribution in [2.75, 3.05) is 12.4 Å². The first-order chi connectivity index (χ1) is 7.02. The van der Waals surface area contributed by atoms with Crippen LogP contribution in [0.1, 0.15) is 26.7 Å². The molecular formula is C9H16O5S. The van der Waals surface area contributed by atoms with Crippen molar-refractivity contribution in [3.63, 3.8) is 0 Å². The lowest BCUT2D eigenvalue weighted by atomic mass is 10.3. The lowest BCUT2D eigenvalue weighted by Crippen LogP contribution is -2.29. The van der Waals surface area contributed by atoms with Crippen LogP contribution in [0.25, 0.3) is 0 Å². The SMILES string of the molecule is CCOC(=O)C(CC)S(=O)CCC(=O)O. The van der Waals surface area contributed by atoms with Crippen molar-refractivity contribution in [3.8, 4) is 0 Å². The number of rotatable bonds is 7. The summed E-state index contributed by atoms with van der Waals surface area (Å²) in [5.74, 6) is -1.53. The molecule has 5 nitrogen and oxygen atoms in total. The zero-order valence-corrected chi connectivity index (χ0v) is 9.71. The summed E-state index contributed by atoms with van der Waals surface area (Å²) in [6.07, 6.45) is 0.202. The molecule has 6 heteroatoms. The molecule has 0 fully saturated rings. The van der Waals surface area contributed by atoms with Crippen LogP contribution in [0, 0.1) is 0 Å². The quantitative estimate of drug-likeness (QED) is 0.653. The number of aliphatic carboxylic acids is 1. The van der Waals surface area contributed by atoms with E-state index < -0.39 is 28.0 Å². The fraction of sp³-hybridized carbons (Fsp3) is 0.778. The zero-order chi connectivity index (χ0) is 11.8. The van der Waals surface area contributed by atoms with E-state index in [1.165, 1.54) is 0 Å². The first kappa shape index (κ1) is 14.1. The number of carboxylic acid groups (broad SMARTS) is 1. The second kappa shape index (κ2) is 7.39. The molecule has 0 amide bonds. The Hall–Kier alpha value is -0.910. The van der Waals surface area contributed by atoms with Gasteiger partial charge in [0.05, 0.1) is 13.0 Å². The smallest absolute Gasteiger partial charge is 0.321 e. The molecule has 0 rings (SSSR count). The number of hydrogen-bond donors (Lipinski definition) is 1. The Balaban J connectivity index is 4.21. The molecule has 2 unspecified atom stereocenters. The summed E-state index contributed by atoms with van der Waals surface area (Å²) in [5.41, 5.74) is 0. The maximum atomic E-state index is 11.5. The molecule has 0 aromatic rings. The van der Waals surface area contributed by atoms with Crippen LogP contribution >= 0.6 is 0 Å². The van der Waals surface area contributed by atoms with Crippen molar-refractivity contribution in [1.82, 2.24) is 0 Å². The average Bonchev–Trinajstić information content (AvgIpc) is 2.16. The third-order valence-electron chi connectivity index (χ3n) is 1.75. The van der Waals surface area contributed by atoms with Gasteiger partial charge in [-0.3, -0.25) is 13.8 Å². The van der Waals surface area contributed by atoms with Crippen LogP contribution in [0.2, 0.25) is 0 Å². The Morgan fingerprint density at radius 2 is 2.00 bits per heavy atom. The Morgan fingerprint density at radius 3 is 2.40 bits per heavy atom. The van der Waals surface area contributed by atoms with Crippen molar-refractivity contribution in [3.05, 3.63) is 0 Å². The monoisotopic (exact) mass is 236 g/mol. The lowest BCUT2D eigenvalue weighted by Gasteiger charge is -2.12. The van der Waals surface area contributed by atoms with Gasteiger partial charge in [-0.05, 0) is 13.3 Å². The minimum Gasteiger partial charge on any atom is -0.481 e. The van der Waals surface area contributed by atoms with E-state index in [1.54, 1.807) is 13.8 Å². The molecule has 0 saturated heterocycles. The molecule has 0 saturated carbocycles. The fourth-order valence-electron chi connectivity index (χ4n) is 1.03. The first-order valence-electron chi connectivity index (χ1n) is 4.78. The summed E-state index contributed by atoms with van der Waals surface area (Å²) in [6.45, 7) is 3.64. The highest BCUT2D eigenvalue weighted by Crippen LogP contribution is 2.06. The van der Waals surface area contributed by atoms with Gasteiger partial charge in [0.1, 0.15) is 5.25 Å². The van der Waals surface area contributed by atoms with Gasteiger partial charge < -0.3 is 9.84 Å². The van der Waals surface area contributed by atoms with Crippen LogP contribution < -0.4 is 0 Å². The Kier molecular flexibility index (Phi) is 6.94. The Morgan fingerprint density at radius 1 is 1.40 bits per heavy atom. The van der Waals surface area contributed by atoms with E-state index in [2.05, 4.69) is 0 Å². The second-order valence-electron chi connectivity index (χ2n) is 2.88. The van der Waals surface area contributed by atoms with Crippen molar-refractivity contribution in [2.45, 2.75) is 31.9 Å². The number of ether oxygens (including phenoxy) is 1. The van der Waals surface area contributed by atoms with Crippen LogP contribution in [-0.4, -0.2) is 38.9 Å². The molecule has 0 aromatic carbocycles. The summed E-state index contributed by atoms with van der Waals surface area (Å²) < 4.78 is 16.3. The van der Waals surface area contributed by atoms with E-state index in [1.807, 2.05) is 0 Å². The first-order valence-corrected chi connectivity index (χ1v) is 6.16. The zero-order valence-electron chi connectivity index (χ0n) is 8.89. The minimum atomic E-state index is -1.47. The molecule has 88 valence electrons. The standard InChI is InChI=1S/C9H16O5S/c1-3-7(9(12)14-4-2)15(13)6-5-8(10)11/h7H,3-6H2,1-2H3,(H,10,11). The van der Waals surface area contributed by atoms with Gasteiger partial charge in [0, 0.05) is 16.6 Å². The summed E-state index contributed by atoms with van der Waals surface area (Å²) in [4.78, 5) is 21.6. The number of carbonyl (C=O) groups is 2. The maximum Gasteiger partial charge on any atom is 0.321 e. The maximum absolute atomic E-state index is 11.5. The van der Waals surface area contributed by atoms with Crippen LogP contribution in [0.5, 0.6) is 0 Å². The molecule has 0 aliphatic rings. The highest BCUT2D eigenvalue weighted by Gasteiger charge is 2.24. The number of esters is 1. The summed E-state index contributed by atoms with van der Waals surface area (Å²) >= 11 is 0. The molecule has 2 atom stereocenters. The molecule has 0 bridgehead atoms. The second-order valence-corrected chi connectivity index (χ2v) is 4.62. The van der Waals surface area contributed by atoms with Crippen molar-refractivity contribution in [1.29, 1.82) is 0 Å². The van der Waals surface area contributed by atoms with Gasteiger partial charge in [0.2, 0.25) is 0 Å². The molecule has 0 aliphatic carbocycles. The molecule has 0 radical (unpaired) electrons. The fourth-order valence-corrected chi connectivity index (χ4v) is 2.34. The predicted molar refractivity (Wildman–Crippen MR) is 56.0 cm³/mol. The average molecular weight is 236 g/mol. The number of carboxylic acids is 1.